The van der Waals surface area contributed by atoms with E-state index in [1.54, 1.807) is 18.3 Å². The number of aromatic nitrogens is 2. The molecule has 0 saturated heterocycles. The molecule has 1 amide bonds. The number of carbonyl (C=O) groups is 1. The van der Waals surface area contributed by atoms with E-state index < -0.39 is 0 Å². The number of rotatable bonds is 2. The number of amides is 1. The lowest BCUT2D eigenvalue weighted by molar-refractivity contribution is 0.0929. The van der Waals surface area contributed by atoms with E-state index in [-0.39, 0.29) is 17.5 Å². The Balaban J connectivity index is 1.81. The summed E-state index contributed by atoms with van der Waals surface area (Å²) in [5.74, 6) is -0.150. The van der Waals surface area contributed by atoms with Gasteiger partial charge in [-0.05, 0) is 44.0 Å². The Hall–Kier alpha value is -2.69. The second-order valence-corrected chi connectivity index (χ2v) is 6.86. The molecule has 3 aromatic rings. The third-order valence-corrected chi connectivity index (χ3v) is 4.98. The fourth-order valence-electron chi connectivity index (χ4n) is 3.63. The highest BCUT2D eigenvalue weighted by Crippen LogP contribution is 2.19. The summed E-state index contributed by atoms with van der Waals surface area (Å²) in [6.45, 7) is 1.95. The highest BCUT2D eigenvalue weighted by Gasteiger charge is 2.19. The lowest BCUT2D eigenvalue weighted by Gasteiger charge is -2.23. The first-order valence-corrected chi connectivity index (χ1v) is 8.86. The fourth-order valence-corrected chi connectivity index (χ4v) is 3.63. The van der Waals surface area contributed by atoms with Crippen molar-refractivity contribution in [1.82, 2.24) is 14.7 Å². The van der Waals surface area contributed by atoms with Gasteiger partial charge >= 0.3 is 0 Å². The predicted octanol–water partition coefficient (Wildman–Crippen LogP) is 3.22. The van der Waals surface area contributed by atoms with Crippen LogP contribution in [0.25, 0.3) is 16.6 Å². The van der Waals surface area contributed by atoms with Gasteiger partial charge in [-0.2, -0.15) is 0 Å². The molecular formula is C20H21N3O2. The molecule has 0 radical (unpaired) electrons. The first kappa shape index (κ1) is 15.8. The standard InChI is InChI=1S/C20H21N3O2/c1-13-9-10-17-16(12-13)20(25)23-11-5-8-15(18(23)22-17)19(24)21-14-6-3-2-4-7-14/h5,8-12,14H,2-4,6-7H2,1H3,(H,21,24). The highest BCUT2D eigenvalue weighted by molar-refractivity contribution is 6.00. The van der Waals surface area contributed by atoms with E-state index in [2.05, 4.69) is 10.3 Å². The molecule has 1 saturated carbocycles. The average Bonchev–Trinajstić information content (AvgIpc) is 2.63. The molecule has 2 aromatic heterocycles. The van der Waals surface area contributed by atoms with E-state index in [0.29, 0.717) is 22.1 Å². The Bertz CT molecular complexity index is 1020. The molecule has 25 heavy (non-hydrogen) atoms. The molecule has 1 aliphatic rings. The molecule has 0 atom stereocenters. The summed E-state index contributed by atoms with van der Waals surface area (Å²) >= 11 is 0. The van der Waals surface area contributed by atoms with Crippen molar-refractivity contribution < 1.29 is 4.79 Å². The summed E-state index contributed by atoms with van der Waals surface area (Å²) in [6.07, 6.45) is 7.26. The minimum atomic E-state index is -0.150. The van der Waals surface area contributed by atoms with Gasteiger partial charge in [0.25, 0.3) is 11.5 Å². The summed E-state index contributed by atoms with van der Waals surface area (Å²) in [7, 11) is 0. The zero-order chi connectivity index (χ0) is 17.4. The molecule has 0 aliphatic heterocycles. The number of hydrogen-bond donors (Lipinski definition) is 1. The van der Waals surface area contributed by atoms with Crippen molar-refractivity contribution in [3.63, 3.8) is 0 Å². The maximum absolute atomic E-state index is 12.8. The van der Waals surface area contributed by atoms with Gasteiger partial charge in [-0.1, -0.05) is 30.9 Å². The van der Waals surface area contributed by atoms with Crippen molar-refractivity contribution in [2.24, 2.45) is 0 Å². The van der Waals surface area contributed by atoms with Gasteiger partial charge < -0.3 is 5.32 Å². The van der Waals surface area contributed by atoms with Crippen LogP contribution in [0.15, 0.2) is 41.3 Å². The number of carbonyl (C=O) groups excluding carboxylic acids is 1. The van der Waals surface area contributed by atoms with Gasteiger partial charge in [0.1, 0.15) is 0 Å². The summed E-state index contributed by atoms with van der Waals surface area (Å²) in [5.41, 5.74) is 2.35. The molecule has 128 valence electrons. The summed E-state index contributed by atoms with van der Waals surface area (Å²) < 4.78 is 1.47. The van der Waals surface area contributed by atoms with Crippen molar-refractivity contribution in [1.29, 1.82) is 0 Å². The van der Waals surface area contributed by atoms with E-state index in [9.17, 15) is 9.59 Å². The monoisotopic (exact) mass is 335 g/mol. The van der Waals surface area contributed by atoms with E-state index in [4.69, 9.17) is 0 Å². The van der Waals surface area contributed by atoms with Crippen LogP contribution in [0, 0.1) is 6.92 Å². The van der Waals surface area contributed by atoms with Crippen LogP contribution in [-0.2, 0) is 0 Å². The molecule has 1 aromatic carbocycles. The number of fused-ring (bicyclic) bond motifs is 2. The molecule has 1 fully saturated rings. The van der Waals surface area contributed by atoms with Crippen LogP contribution >= 0.6 is 0 Å². The number of pyridine rings is 1. The van der Waals surface area contributed by atoms with Crippen LogP contribution in [0.2, 0.25) is 0 Å². The Morgan fingerprint density at radius 3 is 2.80 bits per heavy atom. The number of hydrogen-bond acceptors (Lipinski definition) is 3. The second-order valence-electron chi connectivity index (χ2n) is 6.86. The summed E-state index contributed by atoms with van der Waals surface area (Å²) in [6, 6.07) is 9.29. The maximum Gasteiger partial charge on any atom is 0.265 e. The van der Waals surface area contributed by atoms with E-state index >= 15 is 0 Å². The normalized spacial score (nSPS) is 15.6. The predicted molar refractivity (Wildman–Crippen MR) is 98.0 cm³/mol. The number of benzene rings is 1. The number of nitrogens with zero attached hydrogens (tertiary/aromatic N) is 2. The van der Waals surface area contributed by atoms with Gasteiger partial charge in [-0.25, -0.2) is 4.98 Å². The Morgan fingerprint density at radius 1 is 1.20 bits per heavy atom. The highest BCUT2D eigenvalue weighted by atomic mass is 16.2. The van der Waals surface area contributed by atoms with Crippen molar-refractivity contribution >= 4 is 22.5 Å². The van der Waals surface area contributed by atoms with Gasteiger partial charge in [0.2, 0.25) is 0 Å². The molecule has 5 nitrogen and oxygen atoms in total. The van der Waals surface area contributed by atoms with Gasteiger partial charge in [-0.15, -0.1) is 0 Å². The van der Waals surface area contributed by atoms with Crippen LogP contribution in [0.3, 0.4) is 0 Å². The van der Waals surface area contributed by atoms with Gasteiger partial charge in [0, 0.05) is 12.2 Å². The second kappa shape index (κ2) is 6.31. The summed E-state index contributed by atoms with van der Waals surface area (Å²) in [5, 5.41) is 3.68. The zero-order valence-electron chi connectivity index (χ0n) is 14.3. The van der Waals surface area contributed by atoms with Crippen molar-refractivity contribution in [2.45, 2.75) is 45.1 Å². The summed E-state index contributed by atoms with van der Waals surface area (Å²) in [4.78, 5) is 30.2. The minimum absolute atomic E-state index is 0.143. The largest absolute Gasteiger partial charge is 0.349 e. The fraction of sp³-hybridized carbons (Fsp3) is 0.350. The first-order valence-electron chi connectivity index (χ1n) is 8.86. The molecule has 4 rings (SSSR count). The lowest BCUT2D eigenvalue weighted by atomic mass is 9.95. The van der Waals surface area contributed by atoms with Crippen LogP contribution in [-0.4, -0.2) is 21.3 Å². The SMILES string of the molecule is Cc1ccc2nc3c(C(=O)NC4CCCCC4)cccn3c(=O)c2c1. The van der Waals surface area contributed by atoms with Gasteiger partial charge in [0.15, 0.2) is 5.65 Å². The van der Waals surface area contributed by atoms with E-state index in [0.717, 1.165) is 31.2 Å². The third kappa shape index (κ3) is 2.90. The Kier molecular flexibility index (Phi) is 3.99. The van der Waals surface area contributed by atoms with Gasteiger partial charge in [-0.3, -0.25) is 14.0 Å². The topological polar surface area (TPSA) is 63.5 Å². The quantitative estimate of drug-likeness (QED) is 0.731. The van der Waals surface area contributed by atoms with Crippen molar-refractivity contribution in [2.75, 3.05) is 0 Å². The third-order valence-electron chi connectivity index (χ3n) is 4.98. The minimum Gasteiger partial charge on any atom is -0.349 e. The molecule has 1 aliphatic carbocycles. The van der Waals surface area contributed by atoms with Crippen LogP contribution in [0.1, 0.15) is 48.0 Å². The van der Waals surface area contributed by atoms with Crippen LogP contribution in [0.5, 0.6) is 0 Å². The number of nitrogens with one attached hydrogen (secondary N) is 1. The van der Waals surface area contributed by atoms with Crippen LogP contribution < -0.4 is 10.9 Å². The maximum atomic E-state index is 12.8. The van der Waals surface area contributed by atoms with E-state index in [1.807, 2.05) is 25.1 Å². The molecule has 5 heteroatoms. The molecule has 0 unspecified atom stereocenters. The average molecular weight is 335 g/mol. The van der Waals surface area contributed by atoms with Crippen LogP contribution in [0.4, 0.5) is 0 Å². The van der Waals surface area contributed by atoms with Crippen molar-refractivity contribution in [3.8, 4) is 0 Å². The molecule has 1 N–H and O–H groups in total. The molecule has 2 heterocycles. The molecule has 0 bridgehead atoms. The van der Waals surface area contributed by atoms with Gasteiger partial charge in [0.05, 0.1) is 16.5 Å². The Morgan fingerprint density at radius 2 is 2.00 bits per heavy atom. The van der Waals surface area contributed by atoms with E-state index in [1.165, 1.54) is 10.8 Å². The number of aryl methyl sites for hydroxylation is 1. The smallest absolute Gasteiger partial charge is 0.265 e. The lowest BCUT2D eigenvalue weighted by Crippen LogP contribution is -2.36. The van der Waals surface area contributed by atoms with Crippen molar-refractivity contribution in [3.05, 3.63) is 58.0 Å². The molecular weight excluding hydrogens is 314 g/mol. The Labute approximate surface area is 145 Å². The zero-order valence-corrected chi connectivity index (χ0v) is 14.3. The first-order chi connectivity index (χ1) is 12.1. The molecule has 0 spiro atoms.